The Bertz CT molecular complexity index is 248. The average Bonchev–Trinajstić information content (AvgIpc) is 2.51. The standard InChI is InChI=1S/C9H12O4/c10-8(11)3-5-1-2-7-6(5)4-9(12)13-7/h5-7H,1-4H2,(H,10,11)/t5-,6+,7-/m0/s1. The fraction of sp³-hybridized carbons (Fsp3) is 0.778. The van der Waals surface area contributed by atoms with Crippen LogP contribution in [-0.4, -0.2) is 23.1 Å². The Morgan fingerprint density at radius 1 is 1.54 bits per heavy atom. The molecule has 2 fully saturated rings. The zero-order valence-electron chi connectivity index (χ0n) is 7.23. The molecule has 0 bridgehead atoms. The minimum absolute atomic E-state index is 0.0110. The summed E-state index contributed by atoms with van der Waals surface area (Å²) in [5.74, 6) is -0.618. The predicted octanol–water partition coefficient (Wildman–Crippen LogP) is 0.803. The molecular weight excluding hydrogens is 172 g/mol. The first-order chi connectivity index (χ1) is 6.16. The highest BCUT2D eigenvalue weighted by atomic mass is 16.6. The summed E-state index contributed by atoms with van der Waals surface area (Å²) in [5.41, 5.74) is 0. The van der Waals surface area contributed by atoms with Crippen molar-refractivity contribution >= 4 is 11.9 Å². The van der Waals surface area contributed by atoms with Gasteiger partial charge in [0, 0.05) is 12.3 Å². The molecule has 0 unspecified atom stereocenters. The number of aliphatic carboxylic acids is 1. The summed E-state index contributed by atoms with van der Waals surface area (Å²) < 4.78 is 5.07. The molecule has 0 aromatic rings. The second kappa shape index (κ2) is 3.01. The lowest BCUT2D eigenvalue weighted by atomic mass is 9.91. The van der Waals surface area contributed by atoms with Gasteiger partial charge in [0.2, 0.25) is 0 Å². The van der Waals surface area contributed by atoms with Crippen molar-refractivity contribution in [1.29, 1.82) is 0 Å². The highest BCUT2D eigenvalue weighted by Gasteiger charge is 2.45. The first-order valence-corrected chi connectivity index (χ1v) is 4.58. The normalized spacial score (nSPS) is 37.2. The van der Waals surface area contributed by atoms with E-state index in [1.54, 1.807) is 0 Å². The molecule has 1 aliphatic carbocycles. The van der Waals surface area contributed by atoms with E-state index >= 15 is 0 Å². The van der Waals surface area contributed by atoms with Gasteiger partial charge in [-0.15, -0.1) is 0 Å². The minimum atomic E-state index is -0.773. The Kier molecular flexibility index (Phi) is 1.98. The van der Waals surface area contributed by atoms with Crippen LogP contribution in [0.15, 0.2) is 0 Å². The van der Waals surface area contributed by atoms with Crippen LogP contribution in [0.25, 0.3) is 0 Å². The Labute approximate surface area is 75.9 Å². The van der Waals surface area contributed by atoms with Crippen LogP contribution in [0, 0.1) is 11.8 Å². The van der Waals surface area contributed by atoms with Crippen LogP contribution >= 0.6 is 0 Å². The van der Waals surface area contributed by atoms with Gasteiger partial charge in [-0.3, -0.25) is 9.59 Å². The zero-order chi connectivity index (χ0) is 9.42. The molecule has 72 valence electrons. The van der Waals surface area contributed by atoms with Crippen molar-refractivity contribution in [3.63, 3.8) is 0 Å². The summed E-state index contributed by atoms with van der Waals surface area (Å²) in [6, 6.07) is 0. The van der Waals surface area contributed by atoms with Crippen LogP contribution in [0.5, 0.6) is 0 Å². The highest BCUT2D eigenvalue weighted by Crippen LogP contribution is 2.42. The number of rotatable bonds is 2. The number of carboxylic acids is 1. The van der Waals surface area contributed by atoms with Crippen molar-refractivity contribution in [3.8, 4) is 0 Å². The molecule has 1 aliphatic heterocycles. The molecule has 0 spiro atoms. The van der Waals surface area contributed by atoms with Crippen molar-refractivity contribution in [2.24, 2.45) is 11.8 Å². The van der Waals surface area contributed by atoms with E-state index in [0.29, 0.717) is 6.42 Å². The van der Waals surface area contributed by atoms with Crippen LogP contribution in [0.4, 0.5) is 0 Å². The van der Waals surface area contributed by atoms with E-state index in [2.05, 4.69) is 0 Å². The Balaban J connectivity index is 2.00. The zero-order valence-corrected chi connectivity index (χ0v) is 7.23. The molecule has 1 heterocycles. The molecule has 3 atom stereocenters. The fourth-order valence-corrected chi connectivity index (χ4v) is 2.44. The van der Waals surface area contributed by atoms with Crippen molar-refractivity contribution < 1.29 is 19.4 Å². The fourth-order valence-electron chi connectivity index (χ4n) is 2.44. The van der Waals surface area contributed by atoms with E-state index in [-0.39, 0.29) is 30.3 Å². The van der Waals surface area contributed by atoms with E-state index < -0.39 is 5.97 Å². The number of ether oxygens (including phenoxy) is 1. The highest BCUT2D eigenvalue weighted by molar-refractivity contribution is 5.73. The topological polar surface area (TPSA) is 63.6 Å². The van der Waals surface area contributed by atoms with E-state index in [9.17, 15) is 9.59 Å². The minimum Gasteiger partial charge on any atom is -0.481 e. The van der Waals surface area contributed by atoms with Gasteiger partial charge in [-0.2, -0.15) is 0 Å². The van der Waals surface area contributed by atoms with Crippen molar-refractivity contribution in [2.75, 3.05) is 0 Å². The van der Waals surface area contributed by atoms with Crippen LogP contribution in [-0.2, 0) is 14.3 Å². The summed E-state index contributed by atoms with van der Waals surface area (Å²) in [4.78, 5) is 21.4. The summed E-state index contributed by atoms with van der Waals surface area (Å²) in [7, 11) is 0. The van der Waals surface area contributed by atoms with Gasteiger partial charge in [0.25, 0.3) is 0 Å². The number of carbonyl (C=O) groups is 2. The second-order valence-corrected chi connectivity index (χ2v) is 3.83. The van der Waals surface area contributed by atoms with Gasteiger partial charge >= 0.3 is 11.9 Å². The molecule has 2 rings (SSSR count). The molecule has 2 aliphatic rings. The lowest BCUT2D eigenvalue weighted by molar-refractivity contribution is -0.141. The number of carboxylic acid groups (broad SMARTS) is 1. The first kappa shape index (κ1) is 8.53. The molecule has 0 amide bonds. The van der Waals surface area contributed by atoms with Crippen LogP contribution < -0.4 is 0 Å². The quantitative estimate of drug-likeness (QED) is 0.645. The van der Waals surface area contributed by atoms with Gasteiger partial charge in [-0.1, -0.05) is 0 Å². The van der Waals surface area contributed by atoms with Crippen molar-refractivity contribution in [2.45, 2.75) is 31.8 Å². The maximum atomic E-state index is 10.9. The lowest BCUT2D eigenvalue weighted by Crippen LogP contribution is -2.16. The third-order valence-corrected chi connectivity index (χ3v) is 3.03. The maximum absolute atomic E-state index is 10.9. The van der Waals surface area contributed by atoms with E-state index in [0.717, 1.165) is 12.8 Å². The summed E-state index contributed by atoms with van der Waals surface area (Å²) >= 11 is 0. The van der Waals surface area contributed by atoms with Crippen LogP contribution in [0.2, 0.25) is 0 Å². The van der Waals surface area contributed by atoms with Gasteiger partial charge in [0.15, 0.2) is 0 Å². The van der Waals surface area contributed by atoms with Crippen LogP contribution in [0.3, 0.4) is 0 Å². The lowest BCUT2D eigenvalue weighted by Gasteiger charge is -2.12. The summed E-state index contributed by atoms with van der Waals surface area (Å²) in [5, 5.41) is 8.63. The maximum Gasteiger partial charge on any atom is 0.306 e. The third kappa shape index (κ3) is 1.53. The molecule has 4 heteroatoms. The van der Waals surface area contributed by atoms with Gasteiger partial charge in [-0.05, 0) is 18.8 Å². The SMILES string of the molecule is O=C(O)C[C@@H]1CC[C@@H]2OC(=O)C[C@H]12. The molecular formula is C9H12O4. The number of hydrogen-bond acceptors (Lipinski definition) is 3. The van der Waals surface area contributed by atoms with Gasteiger partial charge in [-0.25, -0.2) is 0 Å². The number of fused-ring (bicyclic) bond motifs is 1. The van der Waals surface area contributed by atoms with Crippen LogP contribution in [0.1, 0.15) is 25.7 Å². The molecule has 4 nitrogen and oxygen atoms in total. The molecule has 0 radical (unpaired) electrons. The van der Waals surface area contributed by atoms with E-state index in [1.807, 2.05) is 0 Å². The smallest absolute Gasteiger partial charge is 0.306 e. The summed E-state index contributed by atoms with van der Waals surface area (Å²) in [6.45, 7) is 0. The molecule has 0 aromatic heterocycles. The molecule has 1 saturated carbocycles. The Hall–Kier alpha value is -1.06. The largest absolute Gasteiger partial charge is 0.481 e. The summed E-state index contributed by atoms with van der Waals surface area (Å²) in [6.07, 6.45) is 2.33. The predicted molar refractivity (Wildman–Crippen MR) is 43.0 cm³/mol. The second-order valence-electron chi connectivity index (χ2n) is 3.83. The van der Waals surface area contributed by atoms with Crippen molar-refractivity contribution in [1.82, 2.24) is 0 Å². The van der Waals surface area contributed by atoms with Gasteiger partial charge in [0.1, 0.15) is 6.10 Å². The Morgan fingerprint density at radius 2 is 2.31 bits per heavy atom. The van der Waals surface area contributed by atoms with E-state index in [4.69, 9.17) is 9.84 Å². The Morgan fingerprint density at radius 3 is 3.00 bits per heavy atom. The molecule has 1 N–H and O–H groups in total. The molecule has 13 heavy (non-hydrogen) atoms. The van der Waals surface area contributed by atoms with E-state index in [1.165, 1.54) is 0 Å². The molecule has 0 aromatic carbocycles. The number of esters is 1. The van der Waals surface area contributed by atoms with Crippen molar-refractivity contribution in [3.05, 3.63) is 0 Å². The number of hydrogen-bond donors (Lipinski definition) is 1. The van der Waals surface area contributed by atoms with Gasteiger partial charge < -0.3 is 9.84 Å². The van der Waals surface area contributed by atoms with Gasteiger partial charge in [0.05, 0.1) is 6.42 Å². The number of carbonyl (C=O) groups excluding carboxylic acids is 1. The average molecular weight is 184 g/mol. The monoisotopic (exact) mass is 184 g/mol. The molecule has 1 saturated heterocycles. The third-order valence-electron chi connectivity index (χ3n) is 3.03. The first-order valence-electron chi connectivity index (χ1n) is 4.58.